The second-order valence-electron chi connectivity index (χ2n) is 7.27. The molecule has 1 N–H and O–H groups in total. The van der Waals surface area contributed by atoms with Crippen LogP contribution in [-0.2, 0) is 14.6 Å². The van der Waals surface area contributed by atoms with E-state index >= 15 is 0 Å². The number of fused-ring (bicyclic) bond motifs is 1. The molecule has 9 nitrogen and oxygen atoms in total. The molecular formula is C21H20ClN5O4S2. The molecule has 1 amide bonds. The van der Waals surface area contributed by atoms with Gasteiger partial charge in [-0.2, -0.15) is 10.0 Å². The van der Waals surface area contributed by atoms with E-state index in [0.717, 1.165) is 33.8 Å². The topological polar surface area (TPSA) is 117 Å². The van der Waals surface area contributed by atoms with E-state index in [1.54, 1.807) is 31.4 Å². The number of hydrazone groups is 1. The van der Waals surface area contributed by atoms with Crippen molar-refractivity contribution in [3.63, 3.8) is 0 Å². The van der Waals surface area contributed by atoms with Crippen LogP contribution in [0.15, 0.2) is 39.9 Å². The first-order valence-corrected chi connectivity index (χ1v) is 12.7. The Morgan fingerprint density at radius 1 is 1.27 bits per heavy atom. The van der Waals surface area contributed by atoms with E-state index < -0.39 is 15.7 Å². The highest BCUT2D eigenvalue weighted by molar-refractivity contribution is 8.42. The number of aliphatic imine (C=N–C) groups is 1. The van der Waals surface area contributed by atoms with Crippen LogP contribution in [-0.4, -0.2) is 52.1 Å². The SMILES string of the molecule is CCS(=O)(=O)C1=NN2C(=N)/C(=C\c3cc(C)n(-c4cc(Cl)ccc4OC)c3C)C(=O)N=C2S1. The van der Waals surface area contributed by atoms with Gasteiger partial charge in [-0.15, -0.1) is 5.10 Å². The average molecular weight is 506 g/mol. The van der Waals surface area contributed by atoms with Gasteiger partial charge in [-0.1, -0.05) is 18.5 Å². The van der Waals surface area contributed by atoms with Crippen LogP contribution >= 0.6 is 23.4 Å². The number of amides is 1. The van der Waals surface area contributed by atoms with E-state index in [2.05, 4.69) is 10.1 Å². The summed E-state index contributed by atoms with van der Waals surface area (Å²) in [7, 11) is -2.01. The van der Waals surface area contributed by atoms with Crippen LogP contribution in [0.3, 0.4) is 0 Å². The van der Waals surface area contributed by atoms with Crippen LogP contribution < -0.4 is 4.74 Å². The van der Waals surface area contributed by atoms with E-state index in [9.17, 15) is 13.2 Å². The highest BCUT2D eigenvalue weighted by Crippen LogP contribution is 2.33. The number of carbonyl (C=O) groups excluding carboxylic acids is 1. The Balaban J connectivity index is 1.77. The monoisotopic (exact) mass is 505 g/mol. The molecule has 0 aliphatic carbocycles. The maximum absolute atomic E-state index is 12.7. The minimum atomic E-state index is -3.59. The molecule has 12 heteroatoms. The number of ether oxygens (including phenoxy) is 1. The molecule has 2 aliphatic heterocycles. The van der Waals surface area contributed by atoms with Crippen LogP contribution in [0.2, 0.25) is 5.02 Å². The number of aromatic nitrogens is 1. The third kappa shape index (κ3) is 4.00. The lowest BCUT2D eigenvalue weighted by Crippen LogP contribution is -2.35. The summed E-state index contributed by atoms with van der Waals surface area (Å²) in [6.07, 6.45) is 1.56. The van der Waals surface area contributed by atoms with Crippen molar-refractivity contribution in [1.29, 1.82) is 5.41 Å². The van der Waals surface area contributed by atoms with Crippen LogP contribution in [0.4, 0.5) is 0 Å². The van der Waals surface area contributed by atoms with Gasteiger partial charge in [0.2, 0.25) is 19.4 Å². The number of carbonyl (C=O) groups is 1. The van der Waals surface area contributed by atoms with E-state index in [1.165, 1.54) is 6.92 Å². The zero-order chi connectivity index (χ0) is 24.1. The molecule has 0 saturated heterocycles. The van der Waals surface area contributed by atoms with Crippen molar-refractivity contribution in [1.82, 2.24) is 9.58 Å². The Bertz CT molecular complexity index is 1410. The number of hydrogen-bond acceptors (Lipinski definition) is 7. The second-order valence-corrected chi connectivity index (χ2v) is 11.1. The number of benzene rings is 1. The first kappa shape index (κ1) is 23.3. The Morgan fingerprint density at radius 3 is 2.67 bits per heavy atom. The molecule has 0 radical (unpaired) electrons. The van der Waals surface area contributed by atoms with Crippen molar-refractivity contribution in [3.8, 4) is 11.4 Å². The minimum Gasteiger partial charge on any atom is -0.495 e. The number of nitrogens with one attached hydrogen (secondary N) is 1. The van der Waals surface area contributed by atoms with Gasteiger partial charge >= 0.3 is 0 Å². The quantitative estimate of drug-likeness (QED) is 0.632. The summed E-state index contributed by atoms with van der Waals surface area (Å²) in [6, 6.07) is 7.17. The van der Waals surface area contributed by atoms with Gasteiger partial charge in [0.25, 0.3) is 5.91 Å². The fraction of sp³-hybridized carbons (Fsp3) is 0.238. The normalized spacial score (nSPS) is 17.4. The van der Waals surface area contributed by atoms with E-state index in [4.69, 9.17) is 21.7 Å². The number of thioether (sulfide) groups is 1. The van der Waals surface area contributed by atoms with Crippen LogP contribution in [0.1, 0.15) is 23.9 Å². The summed E-state index contributed by atoms with van der Waals surface area (Å²) >= 11 is 6.98. The Labute approximate surface area is 200 Å². The summed E-state index contributed by atoms with van der Waals surface area (Å²) < 4.78 is 31.6. The van der Waals surface area contributed by atoms with Gasteiger partial charge < -0.3 is 9.30 Å². The third-order valence-electron chi connectivity index (χ3n) is 5.23. The number of halogens is 1. The first-order chi connectivity index (χ1) is 15.6. The van der Waals surface area contributed by atoms with Gasteiger partial charge in [-0.05, 0) is 61.5 Å². The molecule has 2 aromatic rings. The smallest absolute Gasteiger partial charge is 0.283 e. The maximum Gasteiger partial charge on any atom is 0.283 e. The molecule has 0 bridgehead atoms. The summed E-state index contributed by atoms with van der Waals surface area (Å²) in [5.41, 5.74) is 3.11. The van der Waals surface area contributed by atoms with Gasteiger partial charge in [0.05, 0.1) is 24.1 Å². The summed E-state index contributed by atoms with van der Waals surface area (Å²) in [6.45, 7) is 5.29. The molecule has 0 spiro atoms. The fourth-order valence-corrected chi connectivity index (χ4v) is 5.85. The number of nitrogens with zero attached hydrogens (tertiary/aromatic N) is 4. The standard InChI is InChI=1S/C21H20ClN5O4S2/c1-5-33(29,30)21-25-27-18(23)15(19(28)24-20(27)32-21)9-13-8-11(2)26(12(13)3)16-10-14(22)6-7-17(16)31-4/h6-10,23H,5H2,1-4H3/b15-9+,23-18?. The van der Waals surface area contributed by atoms with Crippen molar-refractivity contribution in [2.45, 2.75) is 20.8 Å². The van der Waals surface area contributed by atoms with Crippen molar-refractivity contribution in [2.75, 3.05) is 12.9 Å². The molecule has 1 aromatic carbocycles. The van der Waals surface area contributed by atoms with Crippen LogP contribution in [0.25, 0.3) is 11.8 Å². The zero-order valence-electron chi connectivity index (χ0n) is 18.2. The summed E-state index contributed by atoms with van der Waals surface area (Å²) in [4.78, 5) is 16.7. The second kappa shape index (κ2) is 8.47. The highest BCUT2D eigenvalue weighted by Gasteiger charge is 2.39. The van der Waals surface area contributed by atoms with Gasteiger partial charge in [0, 0.05) is 16.4 Å². The Hall–Kier alpha value is -2.89. The number of rotatable bonds is 4. The number of aryl methyl sites for hydroxylation is 1. The first-order valence-electron chi connectivity index (χ1n) is 9.83. The van der Waals surface area contributed by atoms with E-state index in [0.29, 0.717) is 16.3 Å². The Kier molecular flexibility index (Phi) is 5.97. The number of hydrogen-bond donors (Lipinski definition) is 1. The van der Waals surface area contributed by atoms with Gasteiger partial charge in [0.15, 0.2) is 5.84 Å². The van der Waals surface area contributed by atoms with Crippen LogP contribution in [0, 0.1) is 19.3 Å². The molecule has 0 atom stereocenters. The number of sulfone groups is 1. The molecule has 3 heterocycles. The molecular weight excluding hydrogens is 486 g/mol. The third-order valence-corrected chi connectivity index (χ3v) is 8.56. The van der Waals surface area contributed by atoms with Crippen molar-refractivity contribution < 1.29 is 17.9 Å². The maximum atomic E-state index is 12.7. The minimum absolute atomic E-state index is 0.0107. The molecule has 2 aliphatic rings. The van der Waals surface area contributed by atoms with Gasteiger partial charge in [-0.25, -0.2) is 8.42 Å². The highest BCUT2D eigenvalue weighted by atomic mass is 35.5. The van der Waals surface area contributed by atoms with Gasteiger partial charge in [-0.3, -0.25) is 10.2 Å². The van der Waals surface area contributed by atoms with E-state index in [-0.39, 0.29) is 26.7 Å². The number of amidine groups is 2. The molecule has 1 aromatic heterocycles. The molecule has 0 saturated carbocycles. The summed E-state index contributed by atoms with van der Waals surface area (Å²) in [5, 5.41) is 14.2. The summed E-state index contributed by atoms with van der Waals surface area (Å²) in [5.74, 6) is -0.370. The van der Waals surface area contributed by atoms with Crippen molar-refractivity contribution in [2.24, 2.45) is 10.1 Å². The Morgan fingerprint density at radius 2 is 2.00 bits per heavy atom. The molecule has 33 heavy (non-hydrogen) atoms. The molecule has 0 fully saturated rings. The van der Waals surface area contributed by atoms with Gasteiger partial charge in [0.1, 0.15) is 5.75 Å². The predicted molar refractivity (Wildman–Crippen MR) is 131 cm³/mol. The lowest BCUT2D eigenvalue weighted by molar-refractivity contribution is -0.114. The molecule has 0 unspecified atom stereocenters. The lowest BCUT2D eigenvalue weighted by Gasteiger charge is -2.20. The van der Waals surface area contributed by atoms with Crippen molar-refractivity contribution >= 4 is 60.6 Å². The number of methoxy groups -OCH3 is 1. The van der Waals surface area contributed by atoms with E-state index in [1.807, 2.05) is 24.5 Å². The fourth-order valence-electron chi connectivity index (χ4n) is 3.52. The predicted octanol–water partition coefficient (Wildman–Crippen LogP) is 3.77. The largest absolute Gasteiger partial charge is 0.495 e. The zero-order valence-corrected chi connectivity index (χ0v) is 20.6. The molecule has 172 valence electrons. The average Bonchev–Trinajstić information content (AvgIpc) is 3.32. The van der Waals surface area contributed by atoms with Crippen LogP contribution in [0.5, 0.6) is 5.75 Å². The molecule has 4 rings (SSSR count). The lowest BCUT2D eigenvalue weighted by atomic mass is 10.1. The van der Waals surface area contributed by atoms with Crippen molar-refractivity contribution in [3.05, 3.63) is 51.8 Å².